The number of aromatic nitrogens is 1. The molecule has 1 saturated heterocycles. The predicted molar refractivity (Wildman–Crippen MR) is 77.5 cm³/mol. The molecule has 1 aromatic rings. The Labute approximate surface area is 114 Å². The zero-order chi connectivity index (χ0) is 13.2. The molecule has 0 amide bonds. The number of amidine groups is 1. The van der Waals surface area contributed by atoms with E-state index in [1.807, 2.05) is 12.1 Å². The second kappa shape index (κ2) is 5.19. The van der Waals surface area contributed by atoms with Crippen molar-refractivity contribution in [2.75, 3.05) is 18.0 Å². The molecule has 4 heteroatoms. The molecule has 0 radical (unpaired) electrons. The molecule has 0 spiro atoms. The summed E-state index contributed by atoms with van der Waals surface area (Å²) in [5.74, 6) is 2.74. The van der Waals surface area contributed by atoms with Crippen LogP contribution in [0.2, 0.25) is 0 Å². The lowest BCUT2D eigenvalue weighted by Gasteiger charge is -2.42. The topological polar surface area (TPSA) is 66.0 Å². The minimum Gasteiger partial charge on any atom is -0.384 e. The average molecular weight is 258 g/mol. The van der Waals surface area contributed by atoms with Gasteiger partial charge in [0.05, 0.1) is 5.56 Å². The fraction of sp³-hybridized carbons (Fsp3) is 0.600. The molecule has 1 aliphatic carbocycles. The van der Waals surface area contributed by atoms with Crippen molar-refractivity contribution in [2.24, 2.45) is 17.6 Å². The largest absolute Gasteiger partial charge is 0.384 e. The minimum atomic E-state index is 0.119. The lowest BCUT2D eigenvalue weighted by molar-refractivity contribution is 0.202. The minimum absolute atomic E-state index is 0.119. The molecule has 1 aliphatic heterocycles. The molecule has 3 rings (SSSR count). The van der Waals surface area contributed by atoms with Crippen LogP contribution in [-0.2, 0) is 0 Å². The molecule has 2 heterocycles. The smallest absolute Gasteiger partial charge is 0.139 e. The number of nitrogens with zero attached hydrogens (tertiary/aromatic N) is 2. The van der Waals surface area contributed by atoms with E-state index in [1.54, 1.807) is 6.20 Å². The van der Waals surface area contributed by atoms with Gasteiger partial charge in [-0.2, -0.15) is 0 Å². The van der Waals surface area contributed by atoms with Crippen LogP contribution in [0.4, 0.5) is 5.82 Å². The van der Waals surface area contributed by atoms with Crippen molar-refractivity contribution in [1.82, 2.24) is 4.98 Å². The molecule has 2 fully saturated rings. The van der Waals surface area contributed by atoms with Crippen LogP contribution in [0.3, 0.4) is 0 Å². The summed E-state index contributed by atoms with van der Waals surface area (Å²) < 4.78 is 0. The standard InChI is InChI=1S/C15H22N4/c16-14(17)13-6-3-8-18-15(13)19-9-7-11-4-1-2-5-12(11)10-19/h3,6,8,11-12H,1-2,4-5,7,9-10H2,(H3,16,17). The number of hydrogen-bond acceptors (Lipinski definition) is 3. The number of nitrogens with one attached hydrogen (secondary N) is 1. The Morgan fingerprint density at radius 2 is 2.05 bits per heavy atom. The van der Waals surface area contributed by atoms with Gasteiger partial charge in [0.25, 0.3) is 0 Å². The Morgan fingerprint density at radius 1 is 1.26 bits per heavy atom. The molecule has 0 aromatic carbocycles. The fourth-order valence-electron chi connectivity index (χ4n) is 3.65. The summed E-state index contributed by atoms with van der Waals surface area (Å²) in [6.45, 7) is 2.14. The highest BCUT2D eigenvalue weighted by Crippen LogP contribution is 2.37. The maximum absolute atomic E-state index is 7.69. The van der Waals surface area contributed by atoms with Crippen molar-refractivity contribution in [3.05, 3.63) is 23.9 Å². The Balaban J connectivity index is 1.81. The van der Waals surface area contributed by atoms with Gasteiger partial charge in [0, 0.05) is 19.3 Å². The summed E-state index contributed by atoms with van der Waals surface area (Å²) in [5.41, 5.74) is 6.44. The highest BCUT2D eigenvalue weighted by atomic mass is 15.2. The van der Waals surface area contributed by atoms with E-state index in [0.717, 1.165) is 36.3 Å². The number of nitrogen functional groups attached to an aromatic ring is 1. The number of pyridine rings is 1. The molecule has 19 heavy (non-hydrogen) atoms. The normalized spacial score (nSPS) is 26.8. The molecule has 1 aromatic heterocycles. The van der Waals surface area contributed by atoms with Crippen molar-refractivity contribution in [1.29, 1.82) is 5.41 Å². The summed E-state index contributed by atoms with van der Waals surface area (Å²) >= 11 is 0. The van der Waals surface area contributed by atoms with Crippen LogP contribution in [0.15, 0.2) is 18.3 Å². The molecular weight excluding hydrogens is 236 g/mol. The number of piperidine rings is 1. The van der Waals surface area contributed by atoms with Gasteiger partial charge in [0.2, 0.25) is 0 Å². The SMILES string of the molecule is N=C(N)c1cccnc1N1CCC2CCCCC2C1. The third-order valence-electron chi connectivity index (χ3n) is 4.67. The zero-order valence-electron chi connectivity index (χ0n) is 11.3. The summed E-state index contributed by atoms with van der Waals surface area (Å²) in [5, 5.41) is 7.69. The van der Waals surface area contributed by atoms with Crippen molar-refractivity contribution >= 4 is 11.7 Å². The van der Waals surface area contributed by atoms with Crippen LogP contribution in [0.1, 0.15) is 37.7 Å². The van der Waals surface area contributed by atoms with Gasteiger partial charge in [0.1, 0.15) is 11.7 Å². The van der Waals surface area contributed by atoms with Gasteiger partial charge in [-0.1, -0.05) is 19.3 Å². The maximum Gasteiger partial charge on any atom is 0.139 e. The first kappa shape index (κ1) is 12.5. The zero-order valence-corrected chi connectivity index (χ0v) is 11.3. The monoisotopic (exact) mass is 258 g/mol. The van der Waals surface area contributed by atoms with Gasteiger partial charge >= 0.3 is 0 Å². The van der Waals surface area contributed by atoms with Crippen molar-refractivity contribution in [3.8, 4) is 0 Å². The lowest BCUT2D eigenvalue weighted by Crippen LogP contribution is -2.43. The molecule has 1 saturated carbocycles. The van der Waals surface area contributed by atoms with Crippen LogP contribution in [0.25, 0.3) is 0 Å². The van der Waals surface area contributed by atoms with Crippen LogP contribution < -0.4 is 10.6 Å². The average Bonchev–Trinajstić information content (AvgIpc) is 2.46. The number of hydrogen-bond donors (Lipinski definition) is 2. The summed E-state index contributed by atoms with van der Waals surface area (Å²) in [6, 6.07) is 3.76. The predicted octanol–water partition coefficient (Wildman–Crippen LogP) is 2.38. The van der Waals surface area contributed by atoms with Crippen LogP contribution in [-0.4, -0.2) is 23.9 Å². The summed E-state index contributed by atoms with van der Waals surface area (Å²) in [4.78, 5) is 6.80. The Bertz CT molecular complexity index is 471. The summed E-state index contributed by atoms with van der Waals surface area (Å²) in [7, 11) is 0. The van der Waals surface area contributed by atoms with Crippen molar-refractivity contribution < 1.29 is 0 Å². The number of anilines is 1. The van der Waals surface area contributed by atoms with Gasteiger partial charge < -0.3 is 10.6 Å². The van der Waals surface area contributed by atoms with E-state index in [0.29, 0.717) is 0 Å². The van der Waals surface area contributed by atoms with E-state index in [4.69, 9.17) is 11.1 Å². The molecule has 3 N–H and O–H groups in total. The Hall–Kier alpha value is -1.58. The first-order valence-electron chi connectivity index (χ1n) is 7.30. The number of fused-ring (bicyclic) bond motifs is 1. The number of nitrogens with two attached hydrogens (primary N) is 1. The first-order chi connectivity index (χ1) is 9.25. The highest BCUT2D eigenvalue weighted by Gasteiger charge is 2.32. The molecule has 2 unspecified atom stereocenters. The van der Waals surface area contributed by atoms with E-state index in [-0.39, 0.29) is 5.84 Å². The maximum atomic E-state index is 7.69. The van der Waals surface area contributed by atoms with Gasteiger partial charge in [-0.05, 0) is 36.8 Å². The quantitative estimate of drug-likeness (QED) is 0.632. The third kappa shape index (κ3) is 2.44. The van der Waals surface area contributed by atoms with Gasteiger partial charge in [-0.25, -0.2) is 4.98 Å². The lowest BCUT2D eigenvalue weighted by atomic mass is 9.75. The van der Waals surface area contributed by atoms with E-state index in [9.17, 15) is 0 Å². The first-order valence-corrected chi connectivity index (χ1v) is 7.30. The second-order valence-electron chi connectivity index (χ2n) is 5.83. The molecule has 102 valence electrons. The third-order valence-corrected chi connectivity index (χ3v) is 4.67. The van der Waals surface area contributed by atoms with Crippen LogP contribution >= 0.6 is 0 Å². The Kier molecular flexibility index (Phi) is 3.40. The summed E-state index contributed by atoms with van der Waals surface area (Å²) in [6.07, 6.45) is 8.59. The fourth-order valence-corrected chi connectivity index (χ4v) is 3.65. The molecule has 4 nitrogen and oxygen atoms in total. The molecule has 0 bridgehead atoms. The Morgan fingerprint density at radius 3 is 2.84 bits per heavy atom. The van der Waals surface area contributed by atoms with E-state index in [1.165, 1.54) is 32.1 Å². The molecule has 2 aliphatic rings. The number of rotatable bonds is 2. The van der Waals surface area contributed by atoms with Gasteiger partial charge in [-0.3, -0.25) is 5.41 Å². The van der Waals surface area contributed by atoms with Gasteiger partial charge in [-0.15, -0.1) is 0 Å². The molecule has 2 atom stereocenters. The van der Waals surface area contributed by atoms with Gasteiger partial charge in [0.15, 0.2) is 0 Å². The van der Waals surface area contributed by atoms with Crippen molar-refractivity contribution in [2.45, 2.75) is 32.1 Å². The van der Waals surface area contributed by atoms with Crippen molar-refractivity contribution in [3.63, 3.8) is 0 Å². The highest BCUT2D eigenvalue weighted by molar-refractivity contribution is 5.99. The van der Waals surface area contributed by atoms with E-state index in [2.05, 4.69) is 9.88 Å². The van der Waals surface area contributed by atoms with Crippen LogP contribution in [0.5, 0.6) is 0 Å². The molecular formula is C15H22N4. The van der Waals surface area contributed by atoms with E-state index < -0.39 is 0 Å². The van der Waals surface area contributed by atoms with E-state index >= 15 is 0 Å². The second-order valence-corrected chi connectivity index (χ2v) is 5.83. The van der Waals surface area contributed by atoms with Crippen LogP contribution in [0, 0.1) is 17.2 Å².